The minimum atomic E-state index is -0.535. The van der Waals surface area contributed by atoms with E-state index in [0.29, 0.717) is 50.3 Å². The summed E-state index contributed by atoms with van der Waals surface area (Å²) in [6.07, 6.45) is 0. The minimum Gasteiger partial charge on any atom is -0.497 e. The lowest BCUT2D eigenvalue weighted by atomic mass is 10.1. The fourth-order valence-corrected chi connectivity index (χ4v) is 4.04. The van der Waals surface area contributed by atoms with Crippen molar-refractivity contribution in [2.24, 2.45) is 7.05 Å². The summed E-state index contributed by atoms with van der Waals surface area (Å²) >= 11 is 0. The van der Waals surface area contributed by atoms with Crippen molar-refractivity contribution in [1.29, 1.82) is 0 Å². The Morgan fingerprint density at radius 1 is 1.09 bits per heavy atom. The van der Waals surface area contributed by atoms with Crippen LogP contribution in [0.25, 0.3) is 33.3 Å². The van der Waals surface area contributed by atoms with E-state index in [-0.39, 0.29) is 6.61 Å². The molecule has 0 radical (unpaired) electrons. The van der Waals surface area contributed by atoms with Crippen LogP contribution in [-0.2, 0) is 18.4 Å². The van der Waals surface area contributed by atoms with E-state index in [2.05, 4.69) is 5.10 Å². The van der Waals surface area contributed by atoms with Gasteiger partial charge in [-0.3, -0.25) is 4.68 Å². The van der Waals surface area contributed by atoms with Gasteiger partial charge >= 0.3 is 11.6 Å². The van der Waals surface area contributed by atoms with E-state index >= 15 is 0 Å². The number of hydrogen-bond acceptors (Lipinski definition) is 7. The Hall–Kier alpha value is -4.46. The summed E-state index contributed by atoms with van der Waals surface area (Å²) in [6.45, 7) is 1.73. The lowest BCUT2D eigenvalue weighted by Crippen LogP contribution is -2.09. The summed E-state index contributed by atoms with van der Waals surface area (Å²) < 4.78 is 17.8. The number of carbonyl (C=O) groups is 1. The van der Waals surface area contributed by atoms with E-state index in [1.54, 1.807) is 36.0 Å². The van der Waals surface area contributed by atoms with Crippen molar-refractivity contribution in [2.45, 2.75) is 13.5 Å². The first-order chi connectivity index (χ1) is 16.4. The van der Waals surface area contributed by atoms with Gasteiger partial charge < -0.3 is 13.9 Å². The van der Waals surface area contributed by atoms with Crippen LogP contribution in [-0.4, -0.2) is 27.8 Å². The topological polar surface area (TPSA) is 96.5 Å². The van der Waals surface area contributed by atoms with Gasteiger partial charge in [0.25, 0.3) is 0 Å². The zero-order valence-corrected chi connectivity index (χ0v) is 18.9. The monoisotopic (exact) mass is 455 g/mol. The molecule has 8 heteroatoms. The molecule has 3 heterocycles. The Morgan fingerprint density at radius 2 is 1.88 bits per heavy atom. The van der Waals surface area contributed by atoms with E-state index < -0.39 is 11.6 Å². The minimum absolute atomic E-state index is 0.100. The van der Waals surface area contributed by atoms with Gasteiger partial charge in [-0.05, 0) is 25.1 Å². The predicted octanol–water partition coefficient (Wildman–Crippen LogP) is 4.42. The number of nitrogens with zero attached hydrogens (tertiary/aromatic N) is 3. The molecule has 2 aromatic carbocycles. The number of esters is 1. The number of fused-ring (bicyclic) bond motifs is 2. The van der Waals surface area contributed by atoms with Gasteiger partial charge in [0.05, 0.1) is 29.4 Å². The first-order valence-corrected chi connectivity index (χ1v) is 10.6. The molecule has 5 rings (SSSR count). The summed E-state index contributed by atoms with van der Waals surface area (Å²) in [5, 5.41) is 5.73. The zero-order chi connectivity index (χ0) is 23.8. The average Bonchev–Trinajstić information content (AvgIpc) is 3.14. The number of hydrogen-bond donors (Lipinski definition) is 0. The number of rotatable bonds is 5. The lowest BCUT2D eigenvalue weighted by molar-refractivity contribution is 0.0476. The largest absolute Gasteiger partial charge is 0.497 e. The molecule has 8 nitrogen and oxygen atoms in total. The molecule has 0 amide bonds. The summed E-state index contributed by atoms with van der Waals surface area (Å²) in [5.74, 6) is 0.0278. The van der Waals surface area contributed by atoms with Crippen LogP contribution in [0.2, 0.25) is 0 Å². The van der Waals surface area contributed by atoms with Crippen LogP contribution in [0, 0.1) is 6.92 Å². The molecule has 0 aliphatic heterocycles. The van der Waals surface area contributed by atoms with E-state index in [9.17, 15) is 9.59 Å². The van der Waals surface area contributed by atoms with E-state index in [1.165, 1.54) is 13.2 Å². The zero-order valence-electron chi connectivity index (χ0n) is 18.9. The van der Waals surface area contributed by atoms with Crippen molar-refractivity contribution in [3.8, 4) is 17.0 Å². The van der Waals surface area contributed by atoms with Gasteiger partial charge in [0.15, 0.2) is 5.65 Å². The van der Waals surface area contributed by atoms with Crippen molar-refractivity contribution in [3.63, 3.8) is 0 Å². The number of carbonyl (C=O) groups excluding carboxylic acids is 1. The van der Waals surface area contributed by atoms with Gasteiger partial charge in [-0.15, -0.1) is 0 Å². The standard InChI is InChI=1S/C26H21N3O5/c1-15-24-20(13-21(16-7-5-4-6-8-16)27-25(24)29(2)28-15)26(31)33-14-17-11-23(30)34-22-12-18(32-3)9-10-19(17)22/h4-13H,14H2,1-3H3. The number of pyridine rings is 1. The highest BCUT2D eigenvalue weighted by molar-refractivity contribution is 6.05. The first-order valence-electron chi connectivity index (χ1n) is 10.6. The summed E-state index contributed by atoms with van der Waals surface area (Å²) in [4.78, 5) is 30.1. The second-order valence-electron chi connectivity index (χ2n) is 7.86. The molecule has 0 unspecified atom stereocenters. The van der Waals surface area contributed by atoms with Crippen LogP contribution in [0.1, 0.15) is 21.6 Å². The number of methoxy groups -OCH3 is 1. The van der Waals surface area contributed by atoms with Crippen LogP contribution in [0.4, 0.5) is 0 Å². The van der Waals surface area contributed by atoms with E-state index in [4.69, 9.17) is 18.9 Å². The third-order valence-electron chi connectivity index (χ3n) is 5.65. The lowest BCUT2D eigenvalue weighted by Gasteiger charge is -2.10. The molecular weight excluding hydrogens is 434 g/mol. The first kappa shape index (κ1) is 21.4. The molecule has 170 valence electrons. The Labute approximate surface area is 194 Å². The van der Waals surface area contributed by atoms with Crippen LogP contribution in [0.15, 0.2) is 69.9 Å². The van der Waals surface area contributed by atoms with Crippen LogP contribution >= 0.6 is 0 Å². The number of ether oxygens (including phenoxy) is 2. The predicted molar refractivity (Wildman–Crippen MR) is 127 cm³/mol. The highest BCUT2D eigenvalue weighted by Gasteiger charge is 2.21. The molecule has 0 saturated heterocycles. The quantitative estimate of drug-likeness (QED) is 0.286. The molecule has 0 aliphatic carbocycles. The fourth-order valence-electron chi connectivity index (χ4n) is 4.04. The Balaban J connectivity index is 1.54. The van der Waals surface area contributed by atoms with Crippen molar-refractivity contribution in [2.75, 3.05) is 7.11 Å². The molecule has 0 N–H and O–H groups in total. The summed E-state index contributed by atoms with van der Waals surface area (Å²) in [6, 6.07) is 17.8. The molecule has 0 aliphatic rings. The average molecular weight is 455 g/mol. The normalized spacial score (nSPS) is 11.1. The molecule has 34 heavy (non-hydrogen) atoms. The number of benzene rings is 2. The van der Waals surface area contributed by atoms with E-state index in [1.807, 2.05) is 37.3 Å². The Bertz CT molecular complexity index is 1600. The number of aryl methyl sites for hydroxylation is 2. The highest BCUT2D eigenvalue weighted by atomic mass is 16.5. The Kier molecular flexibility index (Phi) is 5.33. The maximum atomic E-state index is 13.3. The number of aromatic nitrogens is 3. The van der Waals surface area contributed by atoms with Gasteiger partial charge in [0, 0.05) is 35.7 Å². The molecule has 0 atom stereocenters. The Morgan fingerprint density at radius 3 is 2.65 bits per heavy atom. The molecule has 0 fully saturated rings. The van der Waals surface area contributed by atoms with Crippen LogP contribution in [0.3, 0.4) is 0 Å². The van der Waals surface area contributed by atoms with Crippen LogP contribution < -0.4 is 10.4 Å². The second kappa shape index (κ2) is 8.47. The van der Waals surface area contributed by atoms with Crippen molar-refractivity contribution in [3.05, 3.63) is 87.9 Å². The maximum Gasteiger partial charge on any atom is 0.339 e. The molecule has 3 aromatic heterocycles. The molecular formula is C26H21N3O5. The highest BCUT2D eigenvalue weighted by Crippen LogP contribution is 2.28. The van der Waals surface area contributed by atoms with Crippen molar-refractivity contribution >= 4 is 28.0 Å². The van der Waals surface area contributed by atoms with Crippen molar-refractivity contribution in [1.82, 2.24) is 14.8 Å². The van der Waals surface area contributed by atoms with Crippen LogP contribution in [0.5, 0.6) is 5.75 Å². The van der Waals surface area contributed by atoms with Gasteiger partial charge in [-0.25, -0.2) is 14.6 Å². The molecule has 0 bridgehead atoms. The maximum absolute atomic E-state index is 13.3. The van der Waals surface area contributed by atoms with Gasteiger partial charge in [-0.1, -0.05) is 30.3 Å². The third kappa shape index (κ3) is 3.79. The van der Waals surface area contributed by atoms with Crippen molar-refractivity contribution < 1.29 is 18.7 Å². The van der Waals surface area contributed by atoms with Gasteiger partial charge in [0.1, 0.15) is 17.9 Å². The summed E-state index contributed by atoms with van der Waals surface area (Å²) in [7, 11) is 3.32. The van der Waals surface area contributed by atoms with E-state index in [0.717, 1.165) is 5.56 Å². The second-order valence-corrected chi connectivity index (χ2v) is 7.86. The fraction of sp³-hybridized carbons (Fsp3) is 0.154. The molecule has 5 aromatic rings. The SMILES string of the molecule is COc1ccc2c(COC(=O)c3cc(-c4ccccc4)nc4c3c(C)nn4C)cc(=O)oc2c1. The smallest absolute Gasteiger partial charge is 0.339 e. The molecule has 0 spiro atoms. The third-order valence-corrected chi connectivity index (χ3v) is 5.65. The summed E-state index contributed by atoms with van der Waals surface area (Å²) in [5.41, 5.74) is 3.51. The van der Waals surface area contributed by atoms with Gasteiger partial charge in [-0.2, -0.15) is 5.10 Å². The molecule has 0 saturated carbocycles. The van der Waals surface area contributed by atoms with Gasteiger partial charge in [0.2, 0.25) is 0 Å².